The summed E-state index contributed by atoms with van der Waals surface area (Å²) in [5.74, 6) is 1.07. The van der Waals surface area contributed by atoms with Crippen LogP contribution in [0.25, 0.3) is 0 Å². The maximum Gasteiger partial charge on any atom is 0.259 e. The Labute approximate surface area is 170 Å². The smallest absolute Gasteiger partial charge is 0.259 e. The summed E-state index contributed by atoms with van der Waals surface area (Å²) in [6.07, 6.45) is 0. The molecule has 0 radical (unpaired) electrons. The summed E-state index contributed by atoms with van der Waals surface area (Å²) in [7, 11) is 3.01. The topological polar surface area (TPSA) is 77.1 Å². The highest BCUT2D eigenvalue weighted by Gasteiger charge is 2.37. The zero-order chi connectivity index (χ0) is 21.2. The van der Waals surface area contributed by atoms with Crippen LogP contribution in [-0.4, -0.2) is 39.2 Å². The van der Waals surface area contributed by atoms with Crippen molar-refractivity contribution in [3.05, 3.63) is 42.0 Å². The molecule has 0 unspecified atom stereocenters. The second-order valence-corrected chi connectivity index (χ2v) is 7.40. The van der Waals surface area contributed by atoms with E-state index in [2.05, 4.69) is 5.32 Å². The Kier molecular flexibility index (Phi) is 5.68. The minimum Gasteiger partial charge on any atom is -0.493 e. The first kappa shape index (κ1) is 20.5. The number of fused-ring (bicyclic) bond motifs is 1. The number of amides is 2. The van der Waals surface area contributed by atoms with Crippen LogP contribution < -0.4 is 24.4 Å². The number of anilines is 2. The lowest BCUT2D eigenvalue weighted by molar-refractivity contribution is -0.127. The Morgan fingerprint density at radius 1 is 1.21 bits per heavy atom. The molecule has 154 valence electrons. The maximum atomic E-state index is 12.8. The molecule has 7 heteroatoms. The first-order valence-corrected chi connectivity index (χ1v) is 9.43. The number of rotatable bonds is 5. The van der Waals surface area contributed by atoms with Gasteiger partial charge in [-0.15, -0.1) is 0 Å². The molecule has 3 rings (SSSR count). The molecule has 1 aliphatic heterocycles. The van der Waals surface area contributed by atoms with E-state index in [1.165, 1.54) is 14.2 Å². The molecule has 2 amide bonds. The van der Waals surface area contributed by atoms with E-state index < -0.39 is 5.41 Å². The number of carbonyl (C=O) groups is 2. The lowest BCUT2D eigenvalue weighted by Gasteiger charge is -2.26. The molecule has 1 N–H and O–H groups in total. The van der Waals surface area contributed by atoms with Crippen molar-refractivity contribution in [2.24, 2.45) is 5.41 Å². The number of nitrogens with zero attached hydrogens (tertiary/aromatic N) is 1. The number of benzene rings is 2. The third kappa shape index (κ3) is 3.85. The molecule has 29 heavy (non-hydrogen) atoms. The van der Waals surface area contributed by atoms with Gasteiger partial charge in [-0.3, -0.25) is 9.59 Å². The zero-order valence-electron chi connectivity index (χ0n) is 17.4. The lowest BCUT2D eigenvalue weighted by atomic mass is 9.93. The largest absolute Gasteiger partial charge is 0.493 e. The minimum atomic E-state index is -0.633. The molecular weight excluding hydrogens is 372 g/mol. The fraction of sp³-hybridized carbons (Fsp3) is 0.364. The summed E-state index contributed by atoms with van der Waals surface area (Å²) < 4.78 is 16.5. The highest BCUT2D eigenvalue weighted by Crippen LogP contribution is 2.38. The van der Waals surface area contributed by atoms with Crippen molar-refractivity contribution in [2.75, 3.05) is 37.6 Å². The molecule has 7 nitrogen and oxygen atoms in total. The molecule has 0 bridgehead atoms. The third-order valence-corrected chi connectivity index (χ3v) is 4.88. The van der Waals surface area contributed by atoms with Gasteiger partial charge in [0.05, 0.1) is 30.9 Å². The highest BCUT2D eigenvalue weighted by atomic mass is 16.5. The average molecular weight is 398 g/mol. The summed E-state index contributed by atoms with van der Waals surface area (Å²) in [4.78, 5) is 27.3. The fourth-order valence-corrected chi connectivity index (χ4v) is 3.30. The van der Waals surface area contributed by atoms with Gasteiger partial charge in [0.1, 0.15) is 12.4 Å². The van der Waals surface area contributed by atoms with Gasteiger partial charge in [-0.2, -0.15) is 0 Å². The second-order valence-electron chi connectivity index (χ2n) is 7.40. The molecule has 0 aromatic heterocycles. The van der Waals surface area contributed by atoms with Gasteiger partial charge in [-0.05, 0) is 45.0 Å². The van der Waals surface area contributed by atoms with E-state index in [1.54, 1.807) is 41.3 Å². The van der Waals surface area contributed by atoms with Gasteiger partial charge in [0.15, 0.2) is 11.5 Å². The first-order chi connectivity index (χ1) is 13.8. The molecule has 2 aromatic rings. The lowest BCUT2D eigenvalue weighted by Crippen LogP contribution is -2.42. The molecular formula is C22H26N2O5. The predicted molar refractivity (Wildman–Crippen MR) is 111 cm³/mol. The SMILES string of the molecule is CCN1C(=O)C(C)(C)COc2cc(NC(=O)c3cccc(OC)c3OC)ccc21. The van der Waals surface area contributed by atoms with Crippen LogP contribution in [0.5, 0.6) is 17.2 Å². The van der Waals surface area contributed by atoms with Gasteiger partial charge in [0.25, 0.3) is 5.91 Å². The number of hydrogen-bond donors (Lipinski definition) is 1. The van der Waals surface area contributed by atoms with E-state index in [1.807, 2.05) is 20.8 Å². The second kappa shape index (κ2) is 8.03. The van der Waals surface area contributed by atoms with Gasteiger partial charge in [-0.25, -0.2) is 0 Å². The van der Waals surface area contributed by atoms with E-state index in [9.17, 15) is 9.59 Å². The average Bonchev–Trinajstić information content (AvgIpc) is 2.81. The highest BCUT2D eigenvalue weighted by molar-refractivity contribution is 6.07. The molecule has 0 atom stereocenters. The molecule has 0 spiro atoms. The molecule has 0 saturated carbocycles. The van der Waals surface area contributed by atoms with E-state index in [0.29, 0.717) is 40.7 Å². The van der Waals surface area contributed by atoms with Crippen LogP contribution in [0.4, 0.5) is 11.4 Å². The van der Waals surface area contributed by atoms with Crippen LogP contribution in [0.3, 0.4) is 0 Å². The third-order valence-electron chi connectivity index (χ3n) is 4.88. The number of para-hydroxylation sites is 1. The number of methoxy groups -OCH3 is 2. The molecule has 1 aliphatic rings. The molecule has 1 heterocycles. The standard InChI is InChI=1S/C22H26N2O5/c1-6-24-16-11-10-14(12-18(16)29-13-22(2,3)21(24)26)23-20(25)15-8-7-9-17(27-4)19(15)28-5/h7-12H,6,13H2,1-5H3,(H,23,25). The predicted octanol–water partition coefficient (Wildman–Crippen LogP) is 3.73. The first-order valence-electron chi connectivity index (χ1n) is 9.43. The van der Waals surface area contributed by atoms with E-state index in [0.717, 1.165) is 0 Å². The monoisotopic (exact) mass is 398 g/mol. The van der Waals surface area contributed by atoms with Crippen molar-refractivity contribution in [1.29, 1.82) is 0 Å². The molecule has 0 aliphatic carbocycles. The number of ether oxygens (including phenoxy) is 3. The number of carbonyl (C=O) groups excluding carboxylic acids is 2. The van der Waals surface area contributed by atoms with Gasteiger partial charge in [0, 0.05) is 18.3 Å². The molecule has 2 aromatic carbocycles. The van der Waals surface area contributed by atoms with Gasteiger partial charge >= 0.3 is 0 Å². The Hall–Kier alpha value is -3.22. The van der Waals surface area contributed by atoms with Gasteiger partial charge in [-0.1, -0.05) is 6.07 Å². The summed E-state index contributed by atoms with van der Waals surface area (Å²) >= 11 is 0. The van der Waals surface area contributed by atoms with Gasteiger partial charge < -0.3 is 24.4 Å². The quantitative estimate of drug-likeness (QED) is 0.831. The van der Waals surface area contributed by atoms with Crippen molar-refractivity contribution in [3.63, 3.8) is 0 Å². The Morgan fingerprint density at radius 3 is 2.62 bits per heavy atom. The Balaban J connectivity index is 1.91. The normalized spacial score (nSPS) is 15.1. The van der Waals surface area contributed by atoms with Crippen LogP contribution in [0, 0.1) is 5.41 Å². The summed E-state index contributed by atoms with van der Waals surface area (Å²) in [6, 6.07) is 10.4. The zero-order valence-corrected chi connectivity index (χ0v) is 17.4. The molecule has 0 saturated heterocycles. The van der Waals surface area contributed by atoms with Gasteiger partial charge in [0.2, 0.25) is 5.91 Å². The molecule has 0 fully saturated rings. The van der Waals surface area contributed by atoms with Crippen molar-refractivity contribution in [1.82, 2.24) is 0 Å². The summed E-state index contributed by atoms with van der Waals surface area (Å²) in [5, 5.41) is 2.86. The van der Waals surface area contributed by atoms with Crippen LogP contribution >= 0.6 is 0 Å². The van der Waals surface area contributed by atoms with Crippen LogP contribution in [-0.2, 0) is 4.79 Å². The fourth-order valence-electron chi connectivity index (χ4n) is 3.30. The van der Waals surface area contributed by atoms with Crippen LogP contribution in [0.2, 0.25) is 0 Å². The van der Waals surface area contributed by atoms with Crippen LogP contribution in [0.15, 0.2) is 36.4 Å². The number of nitrogens with one attached hydrogen (secondary N) is 1. The van der Waals surface area contributed by atoms with Crippen molar-refractivity contribution >= 4 is 23.2 Å². The summed E-state index contributed by atoms with van der Waals surface area (Å²) in [5.41, 5.74) is 0.975. The number of hydrogen-bond acceptors (Lipinski definition) is 5. The van der Waals surface area contributed by atoms with Crippen molar-refractivity contribution in [2.45, 2.75) is 20.8 Å². The van der Waals surface area contributed by atoms with E-state index in [4.69, 9.17) is 14.2 Å². The van der Waals surface area contributed by atoms with Crippen LogP contribution in [0.1, 0.15) is 31.1 Å². The summed E-state index contributed by atoms with van der Waals surface area (Å²) in [6.45, 7) is 6.44. The minimum absolute atomic E-state index is 0.0108. The maximum absolute atomic E-state index is 12.8. The van der Waals surface area contributed by atoms with E-state index >= 15 is 0 Å². The van der Waals surface area contributed by atoms with Crippen molar-refractivity contribution in [3.8, 4) is 17.2 Å². The Bertz CT molecular complexity index is 939. The van der Waals surface area contributed by atoms with E-state index in [-0.39, 0.29) is 18.4 Å². The Morgan fingerprint density at radius 2 is 1.97 bits per heavy atom. The van der Waals surface area contributed by atoms with Crippen molar-refractivity contribution < 1.29 is 23.8 Å².